The van der Waals surface area contributed by atoms with E-state index in [2.05, 4.69) is 4.98 Å². The van der Waals surface area contributed by atoms with Crippen molar-refractivity contribution >= 4 is 5.97 Å². The van der Waals surface area contributed by atoms with Gasteiger partial charge < -0.3 is 10.8 Å². The maximum Gasteiger partial charge on any atom is 0.355 e. The van der Waals surface area contributed by atoms with E-state index in [-0.39, 0.29) is 5.69 Å². The highest BCUT2D eigenvalue weighted by molar-refractivity contribution is 5.95. The van der Waals surface area contributed by atoms with Gasteiger partial charge in [0.15, 0.2) is 5.69 Å². The van der Waals surface area contributed by atoms with E-state index in [9.17, 15) is 9.90 Å². The van der Waals surface area contributed by atoms with Crippen LogP contribution < -0.4 is 5.73 Å². The van der Waals surface area contributed by atoms with Crippen LogP contribution in [0.4, 0.5) is 0 Å². The number of aromatic carboxylic acids is 1. The summed E-state index contributed by atoms with van der Waals surface area (Å²) in [5.41, 5.74) is 10.1. The topological polar surface area (TPSA) is 76.2 Å². The van der Waals surface area contributed by atoms with E-state index in [4.69, 9.17) is 5.73 Å². The summed E-state index contributed by atoms with van der Waals surface area (Å²) in [5.74, 6) is -1.04. The Morgan fingerprint density at radius 3 is 2.35 bits per heavy atom. The second-order valence-corrected chi connectivity index (χ2v) is 5.15. The molecule has 0 aliphatic carbocycles. The van der Waals surface area contributed by atoms with Crippen molar-refractivity contribution in [1.82, 2.24) is 4.98 Å². The molecule has 0 bridgehead atoms. The standard InChI is InChI=1S/C19H16N2O2/c20-11-14-8-4-5-9-16(14)15-10-17(13-6-2-1-3-7-13)18(19(22)23)21-12-15/h1-10,12H,11,20H2,(H,22,23). The largest absolute Gasteiger partial charge is 0.476 e. The van der Waals surface area contributed by atoms with Crippen LogP contribution >= 0.6 is 0 Å². The zero-order valence-corrected chi connectivity index (χ0v) is 12.4. The van der Waals surface area contributed by atoms with Crippen LogP contribution in [0.25, 0.3) is 22.3 Å². The van der Waals surface area contributed by atoms with Crippen LogP contribution in [0.1, 0.15) is 16.1 Å². The van der Waals surface area contributed by atoms with Gasteiger partial charge in [0.25, 0.3) is 0 Å². The van der Waals surface area contributed by atoms with Crippen molar-refractivity contribution in [1.29, 1.82) is 0 Å². The van der Waals surface area contributed by atoms with Gasteiger partial charge in [-0.15, -0.1) is 0 Å². The predicted octanol–water partition coefficient (Wildman–Crippen LogP) is 3.57. The second kappa shape index (κ2) is 6.42. The molecule has 2 aromatic carbocycles. The first-order valence-corrected chi connectivity index (χ1v) is 7.28. The summed E-state index contributed by atoms with van der Waals surface area (Å²) in [5, 5.41) is 9.41. The molecule has 3 rings (SSSR count). The highest BCUT2D eigenvalue weighted by atomic mass is 16.4. The lowest BCUT2D eigenvalue weighted by molar-refractivity contribution is 0.0691. The molecule has 0 atom stereocenters. The molecular formula is C19H16N2O2. The lowest BCUT2D eigenvalue weighted by Crippen LogP contribution is -2.04. The van der Waals surface area contributed by atoms with E-state index in [1.165, 1.54) is 0 Å². The molecule has 0 saturated heterocycles. The fourth-order valence-corrected chi connectivity index (χ4v) is 2.60. The number of carbonyl (C=O) groups is 1. The van der Waals surface area contributed by atoms with Crippen molar-refractivity contribution in [2.24, 2.45) is 5.73 Å². The molecule has 0 unspecified atom stereocenters. The molecule has 23 heavy (non-hydrogen) atoms. The Bertz CT molecular complexity index is 845. The second-order valence-electron chi connectivity index (χ2n) is 5.15. The average molecular weight is 304 g/mol. The summed E-state index contributed by atoms with van der Waals surface area (Å²) in [7, 11) is 0. The fraction of sp³-hybridized carbons (Fsp3) is 0.0526. The molecular weight excluding hydrogens is 288 g/mol. The van der Waals surface area contributed by atoms with Crippen molar-refractivity contribution in [3.63, 3.8) is 0 Å². The first-order valence-electron chi connectivity index (χ1n) is 7.28. The number of aromatic nitrogens is 1. The Hall–Kier alpha value is -2.98. The van der Waals surface area contributed by atoms with Gasteiger partial charge >= 0.3 is 5.97 Å². The minimum atomic E-state index is -1.04. The molecule has 3 N–H and O–H groups in total. The summed E-state index contributed by atoms with van der Waals surface area (Å²) in [6.45, 7) is 0.414. The first kappa shape index (κ1) is 14.9. The zero-order chi connectivity index (χ0) is 16.2. The number of rotatable bonds is 4. The molecule has 0 spiro atoms. The Morgan fingerprint density at radius 2 is 1.65 bits per heavy atom. The molecule has 114 valence electrons. The summed E-state index contributed by atoms with van der Waals surface area (Å²) in [4.78, 5) is 15.6. The Morgan fingerprint density at radius 1 is 0.957 bits per heavy atom. The Labute approximate surface area is 134 Å². The normalized spacial score (nSPS) is 10.5. The van der Waals surface area contributed by atoms with Gasteiger partial charge in [-0.05, 0) is 22.8 Å². The van der Waals surface area contributed by atoms with Gasteiger partial charge in [0.2, 0.25) is 0 Å². The maximum atomic E-state index is 11.5. The van der Waals surface area contributed by atoms with Crippen molar-refractivity contribution in [2.45, 2.75) is 6.54 Å². The molecule has 0 aliphatic rings. The van der Waals surface area contributed by atoms with Gasteiger partial charge in [-0.25, -0.2) is 9.78 Å². The van der Waals surface area contributed by atoms with Crippen LogP contribution in [0.2, 0.25) is 0 Å². The van der Waals surface area contributed by atoms with E-state index in [1.807, 2.05) is 60.7 Å². The molecule has 4 nitrogen and oxygen atoms in total. The Balaban J connectivity index is 2.20. The number of benzene rings is 2. The summed E-state index contributed by atoms with van der Waals surface area (Å²) < 4.78 is 0. The average Bonchev–Trinajstić information content (AvgIpc) is 2.61. The molecule has 0 radical (unpaired) electrons. The Kier molecular flexibility index (Phi) is 4.17. The lowest BCUT2D eigenvalue weighted by Gasteiger charge is -2.11. The summed E-state index contributed by atoms with van der Waals surface area (Å²) >= 11 is 0. The summed E-state index contributed by atoms with van der Waals surface area (Å²) in [6.07, 6.45) is 1.59. The zero-order valence-electron chi connectivity index (χ0n) is 12.4. The van der Waals surface area contributed by atoms with Gasteiger partial charge in [0.1, 0.15) is 0 Å². The van der Waals surface area contributed by atoms with E-state index in [0.717, 1.165) is 22.3 Å². The third-order valence-electron chi connectivity index (χ3n) is 3.72. The molecule has 1 heterocycles. The molecule has 3 aromatic rings. The van der Waals surface area contributed by atoms with Gasteiger partial charge in [-0.3, -0.25) is 0 Å². The van der Waals surface area contributed by atoms with Crippen LogP contribution in [-0.2, 0) is 6.54 Å². The molecule has 0 aliphatic heterocycles. The highest BCUT2D eigenvalue weighted by Crippen LogP contribution is 2.29. The lowest BCUT2D eigenvalue weighted by atomic mass is 9.96. The first-order chi connectivity index (χ1) is 11.2. The number of hydrogen-bond donors (Lipinski definition) is 2. The maximum absolute atomic E-state index is 11.5. The molecule has 4 heteroatoms. The number of carboxylic acids is 1. The van der Waals surface area contributed by atoms with E-state index in [1.54, 1.807) is 6.20 Å². The van der Waals surface area contributed by atoms with Gasteiger partial charge in [-0.1, -0.05) is 54.6 Å². The van der Waals surface area contributed by atoms with Crippen molar-refractivity contribution in [3.05, 3.63) is 78.1 Å². The van der Waals surface area contributed by atoms with Gasteiger partial charge in [-0.2, -0.15) is 0 Å². The number of nitrogens with zero attached hydrogens (tertiary/aromatic N) is 1. The summed E-state index contributed by atoms with van der Waals surface area (Å²) in [6, 6.07) is 19.1. The van der Waals surface area contributed by atoms with Crippen molar-refractivity contribution in [2.75, 3.05) is 0 Å². The molecule has 0 fully saturated rings. The van der Waals surface area contributed by atoms with E-state index < -0.39 is 5.97 Å². The molecule has 0 saturated carbocycles. The smallest absolute Gasteiger partial charge is 0.355 e. The third-order valence-corrected chi connectivity index (χ3v) is 3.72. The minimum Gasteiger partial charge on any atom is -0.476 e. The highest BCUT2D eigenvalue weighted by Gasteiger charge is 2.15. The molecule has 0 amide bonds. The van der Waals surface area contributed by atoms with E-state index >= 15 is 0 Å². The monoisotopic (exact) mass is 304 g/mol. The van der Waals surface area contributed by atoms with Crippen molar-refractivity contribution < 1.29 is 9.90 Å². The van der Waals surface area contributed by atoms with Crippen molar-refractivity contribution in [3.8, 4) is 22.3 Å². The quantitative estimate of drug-likeness (QED) is 0.772. The van der Waals surface area contributed by atoms with Crippen LogP contribution in [0.3, 0.4) is 0 Å². The third kappa shape index (κ3) is 2.98. The predicted molar refractivity (Wildman–Crippen MR) is 90.0 cm³/mol. The number of nitrogens with two attached hydrogens (primary N) is 1. The van der Waals surface area contributed by atoms with Gasteiger partial charge in [0, 0.05) is 23.9 Å². The molecule has 1 aromatic heterocycles. The SMILES string of the molecule is NCc1ccccc1-c1cnc(C(=O)O)c(-c2ccccc2)c1. The van der Waals surface area contributed by atoms with Crippen LogP contribution in [0, 0.1) is 0 Å². The van der Waals surface area contributed by atoms with Gasteiger partial charge in [0.05, 0.1) is 0 Å². The number of carboxylic acid groups (broad SMARTS) is 1. The van der Waals surface area contributed by atoms with Crippen LogP contribution in [0.5, 0.6) is 0 Å². The number of pyridine rings is 1. The minimum absolute atomic E-state index is 0.0465. The van der Waals surface area contributed by atoms with E-state index in [0.29, 0.717) is 12.1 Å². The van der Waals surface area contributed by atoms with Crippen LogP contribution in [0.15, 0.2) is 66.9 Å². The number of hydrogen-bond acceptors (Lipinski definition) is 3. The van der Waals surface area contributed by atoms with Crippen LogP contribution in [-0.4, -0.2) is 16.1 Å². The fourth-order valence-electron chi connectivity index (χ4n) is 2.60.